The van der Waals surface area contributed by atoms with Crippen LogP contribution in [0, 0.1) is 0 Å². The van der Waals surface area contributed by atoms with Crippen molar-refractivity contribution in [1.82, 2.24) is 15.6 Å². The van der Waals surface area contributed by atoms with Gasteiger partial charge in [-0.1, -0.05) is 78.9 Å². The van der Waals surface area contributed by atoms with Crippen molar-refractivity contribution in [3.8, 4) is 11.3 Å². The van der Waals surface area contributed by atoms with Gasteiger partial charge in [0.25, 0.3) is 5.91 Å². The average Bonchev–Trinajstić information content (AvgIpc) is 3.49. The fourth-order valence-corrected chi connectivity index (χ4v) is 4.62. The molecule has 0 spiro atoms. The maximum atomic E-state index is 13.5. The lowest BCUT2D eigenvalue weighted by atomic mass is 10.0. The van der Waals surface area contributed by atoms with Crippen molar-refractivity contribution in [2.75, 3.05) is 6.61 Å². The Balaban J connectivity index is 1.54. The van der Waals surface area contributed by atoms with Crippen LogP contribution >= 0.6 is 0 Å². The highest BCUT2D eigenvalue weighted by Crippen LogP contribution is 2.28. The molecule has 5 N–H and O–H groups in total. The van der Waals surface area contributed by atoms with E-state index in [1.54, 1.807) is 13.0 Å². The number of amides is 3. The minimum Gasteiger partial charge on any atom is -0.463 e. The highest BCUT2D eigenvalue weighted by atomic mass is 16.5. The summed E-state index contributed by atoms with van der Waals surface area (Å²) in [5.41, 5.74) is 8.19. The van der Waals surface area contributed by atoms with Gasteiger partial charge in [-0.3, -0.25) is 14.4 Å². The smallest absolute Gasteiger partial charge is 0.330 e. The summed E-state index contributed by atoms with van der Waals surface area (Å²) in [6.07, 6.45) is 3.05. The first kappa shape index (κ1) is 29.8. The van der Waals surface area contributed by atoms with Gasteiger partial charge >= 0.3 is 5.97 Å². The van der Waals surface area contributed by atoms with E-state index in [0.717, 1.165) is 27.6 Å². The first-order valence-corrected chi connectivity index (χ1v) is 13.8. The lowest BCUT2D eigenvalue weighted by molar-refractivity contribution is -0.137. The van der Waals surface area contributed by atoms with Gasteiger partial charge in [0.2, 0.25) is 11.8 Å². The van der Waals surface area contributed by atoms with Crippen LogP contribution in [0.4, 0.5) is 0 Å². The van der Waals surface area contributed by atoms with E-state index in [9.17, 15) is 19.2 Å². The Bertz CT molecular complexity index is 1570. The van der Waals surface area contributed by atoms with Crippen molar-refractivity contribution in [2.45, 2.75) is 38.3 Å². The average molecular weight is 567 g/mol. The molecule has 0 saturated heterocycles. The summed E-state index contributed by atoms with van der Waals surface area (Å²) in [6.45, 7) is 1.89. The van der Waals surface area contributed by atoms with Crippen molar-refractivity contribution in [3.63, 3.8) is 0 Å². The van der Waals surface area contributed by atoms with Crippen molar-refractivity contribution in [3.05, 3.63) is 108 Å². The molecule has 9 heteroatoms. The van der Waals surface area contributed by atoms with E-state index in [-0.39, 0.29) is 25.9 Å². The number of hydrogen-bond acceptors (Lipinski definition) is 5. The van der Waals surface area contributed by atoms with E-state index in [1.807, 2.05) is 78.9 Å². The summed E-state index contributed by atoms with van der Waals surface area (Å²) in [7, 11) is 0. The van der Waals surface area contributed by atoms with Gasteiger partial charge < -0.3 is 26.1 Å². The predicted molar refractivity (Wildman–Crippen MR) is 161 cm³/mol. The summed E-state index contributed by atoms with van der Waals surface area (Å²) in [4.78, 5) is 53.4. The molecule has 3 aromatic carbocycles. The molecule has 3 amide bonds. The molecule has 0 aliphatic carbocycles. The third kappa shape index (κ3) is 8.17. The van der Waals surface area contributed by atoms with Gasteiger partial charge in [-0.2, -0.15) is 0 Å². The number of nitrogens with two attached hydrogens (primary N) is 1. The second kappa shape index (κ2) is 14.5. The van der Waals surface area contributed by atoms with Gasteiger partial charge in [0.1, 0.15) is 11.7 Å². The van der Waals surface area contributed by atoms with E-state index in [1.165, 1.54) is 12.2 Å². The number of ether oxygens (including phenoxy) is 1. The van der Waals surface area contributed by atoms with Crippen LogP contribution < -0.4 is 16.4 Å². The number of esters is 1. The van der Waals surface area contributed by atoms with Crippen LogP contribution in [0.3, 0.4) is 0 Å². The Morgan fingerprint density at radius 1 is 0.905 bits per heavy atom. The minimum atomic E-state index is -0.948. The largest absolute Gasteiger partial charge is 0.463 e. The second-order valence-corrected chi connectivity index (χ2v) is 9.76. The molecule has 4 rings (SSSR count). The number of carbonyl (C=O) groups excluding carboxylic acids is 4. The Labute approximate surface area is 244 Å². The number of hydrogen-bond donors (Lipinski definition) is 4. The Kier molecular flexibility index (Phi) is 10.3. The van der Waals surface area contributed by atoms with Crippen LogP contribution in [-0.4, -0.2) is 47.4 Å². The molecule has 0 bridgehead atoms. The van der Waals surface area contributed by atoms with Crippen molar-refractivity contribution >= 4 is 34.5 Å². The Morgan fingerprint density at radius 2 is 1.64 bits per heavy atom. The summed E-state index contributed by atoms with van der Waals surface area (Å²) in [6, 6.07) is 25.2. The zero-order valence-electron chi connectivity index (χ0n) is 23.3. The third-order valence-corrected chi connectivity index (χ3v) is 6.70. The number of H-pyrrole nitrogens is 1. The van der Waals surface area contributed by atoms with Crippen molar-refractivity contribution < 1.29 is 23.9 Å². The highest BCUT2D eigenvalue weighted by molar-refractivity contribution is 5.99. The second-order valence-electron chi connectivity index (χ2n) is 9.76. The molecular weight excluding hydrogens is 532 g/mol. The highest BCUT2D eigenvalue weighted by Gasteiger charge is 2.25. The fourth-order valence-electron chi connectivity index (χ4n) is 4.62. The number of benzene rings is 3. The molecule has 216 valence electrons. The SMILES string of the molecule is CCOC(=O)/C=C/C(CCC(N)=O)NC(=O)C(Cc1ccccc1)NC(=O)c1ccc(-c2cccc3ccccc23)[nH]1. The van der Waals surface area contributed by atoms with Crippen LogP contribution in [-0.2, 0) is 25.5 Å². The molecule has 2 atom stereocenters. The first-order chi connectivity index (χ1) is 20.3. The van der Waals surface area contributed by atoms with Crippen molar-refractivity contribution in [1.29, 1.82) is 0 Å². The van der Waals surface area contributed by atoms with E-state index in [2.05, 4.69) is 15.6 Å². The van der Waals surface area contributed by atoms with Crippen LogP contribution in [0.15, 0.2) is 97.1 Å². The van der Waals surface area contributed by atoms with Crippen LogP contribution in [0.1, 0.15) is 35.8 Å². The van der Waals surface area contributed by atoms with Gasteiger partial charge in [0.15, 0.2) is 0 Å². The molecule has 1 aromatic heterocycles. The third-order valence-electron chi connectivity index (χ3n) is 6.70. The van der Waals surface area contributed by atoms with Gasteiger partial charge in [-0.05, 0) is 41.8 Å². The maximum Gasteiger partial charge on any atom is 0.330 e. The number of nitrogens with one attached hydrogen (secondary N) is 3. The number of carbonyl (C=O) groups is 4. The molecule has 42 heavy (non-hydrogen) atoms. The summed E-state index contributed by atoms with van der Waals surface area (Å²) in [5.74, 6) is -2.04. The number of aromatic amines is 1. The molecule has 9 nitrogen and oxygen atoms in total. The molecule has 2 unspecified atom stereocenters. The topological polar surface area (TPSA) is 143 Å². The van der Waals surface area contributed by atoms with Gasteiger partial charge in [0.05, 0.1) is 6.61 Å². The Morgan fingerprint density at radius 3 is 2.40 bits per heavy atom. The standard InChI is InChI=1S/C33H34N4O5/c1-2-42-31(39)20-16-24(15-19-30(34)38)35-33(41)29(21-22-9-4-3-5-10-22)37-32(40)28-18-17-27(36-28)26-14-8-12-23-11-6-7-13-25(23)26/h3-14,16-18,20,24,29,36H,2,15,19,21H2,1H3,(H2,34,38)(H,35,41)(H,37,40)/b20-16+. The molecule has 0 aliphatic heterocycles. The monoisotopic (exact) mass is 566 g/mol. The van der Waals surface area contributed by atoms with Gasteiger partial charge in [-0.25, -0.2) is 4.79 Å². The fraction of sp³-hybridized carbons (Fsp3) is 0.212. The molecule has 0 aliphatic rings. The van der Waals surface area contributed by atoms with Crippen LogP contribution in [0.25, 0.3) is 22.0 Å². The number of primary amides is 1. The summed E-state index contributed by atoms with van der Waals surface area (Å²) in [5, 5.41) is 7.81. The predicted octanol–water partition coefficient (Wildman–Crippen LogP) is 4.05. The van der Waals surface area contributed by atoms with Gasteiger partial charge in [-0.15, -0.1) is 0 Å². The molecule has 0 radical (unpaired) electrons. The number of aromatic nitrogens is 1. The number of rotatable bonds is 13. The van der Waals surface area contributed by atoms with E-state index in [0.29, 0.717) is 5.69 Å². The summed E-state index contributed by atoms with van der Waals surface area (Å²) >= 11 is 0. The molecule has 0 saturated carbocycles. The number of fused-ring (bicyclic) bond motifs is 1. The zero-order valence-corrected chi connectivity index (χ0v) is 23.3. The lowest BCUT2D eigenvalue weighted by Crippen LogP contribution is -2.50. The minimum absolute atomic E-state index is 0.00670. The van der Waals surface area contributed by atoms with E-state index >= 15 is 0 Å². The lowest BCUT2D eigenvalue weighted by Gasteiger charge is -2.22. The van der Waals surface area contributed by atoms with E-state index in [4.69, 9.17) is 10.5 Å². The molecule has 1 heterocycles. The molecule has 0 fully saturated rings. The maximum absolute atomic E-state index is 13.5. The zero-order chi connectivity index (χ0) is 29.9. The van der Waals surface area contributed by atoms with Crippen LogP contribution in [0.5, 0.6) is 0 Å². The normalized spacial score (nSPS) is 12.5. The molecule has 4 aromatic rings. The van der Waals surface area contributed by atoms with Gasteiger partial charge in [0, 0.05) is 36.2 Å². The first-order valence-electron chi connectivity index (χ1n) is 13.8. The van der Waals surface area contributed by atoms with Crippen molar-refractivity contribution in [2.24, 2.45) is 5.73 Å². The Hall–Kier alpha value is -5.18. The van der Waals surface area contributed by atoms with E-state index < -0.39 is 35.8 Å². The quantitative estimate of drug-likeness (QED) is 0.143. The summed E-state index contributed by atoms with van der Waals surface area (Å²) < 4.78 is 4.92. The van der Waals surface area contributed by atoms with Crippen LogP contribution in [0.2, 0.25) is 0 Å². The molecular formula is C33H34N4O5.